The maximum absolute atomic E-state index is 9.91. The number of aryl methyl sites for hydroxylation is 1. The van der Waals surface area contributed by atoms with Crippen molar-refractivity contribution >= 4 is 17.3 Å². The predicted molar refractivity (Wildman–Crippen MR) is 84.7 cm³/mol. The summed E-state index contributed by atoms with van der Waals surface area (Å²) in [6, 6.07) is 9.06. The maximum Gasteiger partial charge on any atom is 0.162 e. The molecule has 5 heteroatoms. The SMILES string of the molecule is COc1cc(C)c(NCc2cccc(Cl)c2O)cc1OC. The van der Waals surface area contributed by atoms with Gasteiger partial charge in [0.1, 0.15) is 5.75 Å². The number of hydrogen-bond donors (Lipinski definition) is 2. The van der Waals surface area contributed by atoms with Crippen molar-refractivity contribution in [1.29, 1.82) is 0 Å². The molecule has 0 spiro atoms. The lowest BCUT2D eigenvalue weighted by atomic mass is 10.1. The standard InChI is InChI=1S/C16H18ClNO3/c1-10-7-14(20-2)15(21-3)8-13(10)18-9-11-5-4-6-12(17)16(11)19/h4-8,18-19H,9H2,1-3H3. The smallest absolute Gasteiger partial charge is 0.162 e. The first-order valence-electron chi connectivity index (χ1n) is 6.49. The molecule has 4 nitrogen and oxygen atoms in total. The number of benzene rings is 2. The van der Waals surface area contributed by atoms with Gasteiger partial charge in [0.25, 0.3) is 0 Å². The Bertz CT molecular complexity index is 644. The van der Waals surface area contributed by atoms with Crippen LogP contribution in [-0.2, 0) is 6.54 Å². The Kier molecular flexibility index (Phi) is 4.81. The summed E-state index contributed by atoms with van der Waals surface area (Å²) in [6.45, 7) is 2.44. The van der Waals surface area contributed by atoms with Crippen molar-refractivity contribution in [2.24, 2.45) is 0 Å². The highest BCUT2D eigenvalue weighted by molar-refractivity contribution is 6.32. The molecule has 2 aromatic carbocycles. The average Bonchev–Trinajstić information content (AvgIpc) is 2.49. The highest BCUT2D eigenvalue weighted by atomic mass is 35.5. The van der Waals surface area contributed by atoms with Gasteiger partial charge in [-0.25, -0.2) is 0 Å². The number of aromatic hydroxyl groups is 1. The molecule has 0 radical (unpaired) electrons. The zero-order valence-electron chi connectivity index (χ0n) is 12.2. The van der Waals surface area contributed by atoms with Crippen molar-refractivity contribution in [2.75, 3.05) is 19.5 Å². The summed E-state index contributed by atoms with van der Waals surface area (Å²) < 4.78 is 10.6. The molecule has 21 heavy (non-hydrogen) atoms. The summed E-state index contributed by atoms with van der Waals surface area (Å²) in [5, 5.41) is 13.5. The van der Waals surface area contributed by atoms with E-state index < -0.39 is 0 Å². The molecule has 0 aromatic heterocycles. The largest absolute Gasteiger partial charge is 0.506 e. The summed E-state index contributed by atoms with van der Waals surface area (Å²) in [7, 11) is 3.20. The van der Waals surface area contributed by atoms with E-state index in [1.165, 1.54) is 0 Å². The van der Waals surface area contributed by atoms with Gasteiger partial charge in [-0.2, -0.15) is 0 Å². The van der Waals surface area contributed by atoms with Gasteiger partial charge in [-0.1, -0.05) is 23.7 Å². The number of nitrogens with one attached hydrogen (secondary N) is 1. The Morgan fingerprint density at radius 3 is 2.48 bits per heavy atom. The monoisotopic (exact) mass is 307 g/mol. The van der Waals surface area contributed by atoms with Crippen molar-refractivity contribution < 1.29 is 14.6 Å². The number of ether oxygens (including phenoxy) is 2. The Hall–Kier alpha value is -2.07. The van der Waals surface area contributed by atoms with E-state index in [-0.39, 0.29) is 5.75 Å². The van der Waals surface area contributed by atoms with E-state index in [1.54, 1.807) is 26.4 Å². The topological polar surface area (TPSA) is 50.7 Å². The quantitative estimate of drug-likeness (QED) is 0.877. The number of rotatable bonds is 5. The van der Waals surface area contributed by atoms with Crippen LogP contribution in [0, 0.1) is 6.92 Å². The van der Waals surface area contributed by atoms with E-state index >= 15 is 0 Å². The molecule has 0 saturated heterocycles. The molecule has 0 aliphatic carbocycles. The first-order chi connectivity index (χ1) is 10.1. The molecular formula is C16H18ClNO3. The first kappa shape index (κ1) is 15.3. The van der Waals surface area contributed by atoms with E-state index in [0.29, 0.717) is 23.1 Å². The van der Waals surface area contributed by atoms with Crippen LogP contribution in [0.1, 0.15) is 11.1 Å². The minimum Gasteiger partial charge on any atom is -0.506 e. The number of phenolic OH excluding ortho intramolecular Hbond substituents is 1. The molecule has 2 rings (SSSR count). The molecule has 0 atom stereocenters. The van der Waals surface area contributed by atoms with Crippen LogP contribution in [0.25, 0.3) is 0 Å². The fraction of sp³-hybridized carbons (Fsp3) is 0.250. The number of phenols is 1. The second-order valence-corrected chi connectivity index (χ2v) is 5.03. The molecule has 0 heterocycles. The third-order valence-corrected chi connectivity index (χ3v) is 3.58. The highest BCUT2D eigenvalue weighted by Crippen LogP contribution is 2.34. The second kappa shape index (κ2) is 6.59. The zero-order chi connectivity index (χ0) is 15.4. The van der Waals surface area contributed by atoms with Crippen LogP contribution in [0.15, 0.2) is 30.3 Å². The van der Waals surface area contributed by atoms with Crippen molar-refractivity contribution in [3.63, 3.8) is 0 Å². The Labute approximate surface area is 129 Å². The summed E-state index contributed by atoms with van der Waals surface area (Å²) in [4.78, 5) is 0. The summed E-state index contributed by atoms with van der Waals surface area (Å²) in [5.74, 6) is 1.44. The van der Waals surface area contributed by atoms with Gasteiger partial charge >= 0.3 is 0 Å². The minimum absolute atomic E-state index is 0.102. The predicted octanol–water partition coefficient (Wildman–Crippen LogP) is 3.98. The first-order valence-corrected chi connectivity index (χ1v) is 6.87. The van der Waals surface area contributed by atoms with Gasteiger partial charge in [0.2, 0.25) is 0 Å². The molecule has 0 amide bonds. The van der Waals surface area contributed by atoms with Gasteiger partial charge in [0.15, 0.2) is 11.5 Å². The van der Waals surface area contributed by atoms with Gasteiger partial charge in [0.05, 0.1) is 19.2 Å². The molecule has 0 aliphatic rings. The summed E-state index contributed by atoms with van der Waals surface area (Å²) in [5.41, 5.74) is 2.66. The van der Waals surface area contributed by atoms with Gasteiger partial charge < -0.3 is 19.9 Å². The van der Waals surface area contributed by atoms with E-state index in [2.05, 4.69) is 5.32 Å². The van der Waals surface area contributed by atoms with Gasteiger partial charge in [0, 0.05) is 23.9 Å². The van der Waals surface area contributed by atoms with Crippen molar-refractivity contribution in [3.05, 3.63) is 46.5 Å². The Balaban J connectivity index is 2.22. The van der Waals surface area contributed by atoms with Gasteiger partial charge in [-0.15, -0.1) is 0 Å². The molecular weight excluding hydrogens is 290 g/mol. The van der Waals surface area contributed by atoms with Crippen molar-refractivity contribution in [3.8, 4) is 17.2 Å². The summed E-state index contributed by atoms with van der Waals surface area (Å²) >= 11 is 5.90. The van der Waals surface area contributed by atoms with Crippen molar-refractivity contribution in [1.82, 2.24) is 0 Å². The summed E-state index contributed by atoms with van der Waals surface area (Å²) in [6.07, 6.45) is 0. The zero-order valence-corrected chi connectivity index (χ0v) is 13.0. The van der Waals surface area contributed by atoms with Gasteiger partial charge in [-0.05, 0) is 24.6 Å². The molecule has 2 aromatic rings. The van der Waals surface area contributed by atoms with Crippen LogP contribution in [-0.4, -0.2) is 19.3 Å². The number of methoxy groups -OCH3 is 2. The third kappa shape index (κ3) is 3.34. The van der Waals surface area contributed by atoms with Gasteiger partial charge in [-0.3, -0.25) is 0 Å². The van der Waals surface area contributed by atoms with Crippen LogP contribution < -0.4 is 14.8 Å². The number of para-hydroxylation sites is 1. The fourth-order valence-electron chi connectivity index (χ4n) is 2.06. The number of halogens is 1. The molecule has 0 bridgehead atoms. The molecule has 0 unspecified atom stereocenters. The number of hydrogen-bond acceptors (Lipinski definition) is 4. The molecule has 112 valence electrons. The average molecular weight is 308 g/mol. The van der Waals surface area contributed by atoms with Crippen LogP contribution in [0.2, 0.25) is 5.02 Å². The normalized spacial score (nSPS) is 10.3. The second-order valence-electron chi connectivity index (χ2n) is 4.62. The Morgan fingerprint density at radius 2 is 1.81 bits per heavy atom. The van der Waals surface area contributed by atoms with Crippen LogP contribution in [0.5, 0.6) is 17.2 Å². The van der Waals surface area contributed by atoms with E-state index in [9.17, 15) is 5.11 Å². The molecule has 0 saturated carbocycles. The van der Waals surface area contributed by atoms with Crippen LogP contribution in [0.4, 0.5) is 5.69 Å². The van der Waals surface area contributed by atoms with E-state index in [0.717, 1.165) is 16.8 Å². The third-order valence-electron chi connectivity index (χ3n) is 3.27. The van der Waals surface area contributed by atoms with Crippen LogP contribution >= 0.6 is 11.6 Å². The lowest BCUT2D eigenvalue weighted by Gasteiger charge is -2.15. The highest BCUT2D eigenvalue weighted by Gasteiger charge is 2.10. The minimum atomic E-state index is 0.102. The van der Waals surface area contributed by atoms with Crippen LogP contribution in [0.3, 0.4) is 0 Å². The lowest BCUT2D eigenvalue weighted by Crippen LogP contribution is -2.02. The Morgan fingerprint density at radius 1 is 1.14 bits per heavy atom. The maximum atomic E-state index is 9.91. The molecule has 2 N–H and O–H groups in total. The van der Waals surface area contributed by atoms with E-state index in [1.807, 2.05) is 25.1 Å². The number of anilines is 1. The van der Waals surface area contributed by atoms with Crippen molar-refractivity contribution in [2.45, 2.75) is 13.5 Å². The fourth-order valence-corrected chi connectivity index (χ4v) is 2.26. The molecule has 0 fully saturated rings. The lowest BCUT2D eigenvalue weighted by molar-refractivity contribution is 0.355. The molecule has 0 aliphatic heterocycles. The van der Waals surface area contributed by atoms with E-state index in [4.69, 9.17) is 21.1 Å².